The number of terminal acetylenes is 1. The van der Waals surface area contributed by atoms with Gasteiger partial charge in [-0.3, -0.25) is 0 Å². The van der Waals surface area contributed by atoms with Crippen molar-refractivity contribution in [1.29, 1.82) is 0 Å². The average Bonchev–Trinajstić information content (AvgIpc) is 1.87. The largest absolute Gasteiger partial charge is 0.301 e. The molecule has 1 aliphatic rings. The van der Waals surface area contributed by atoms with Crippen molar-refractivity contribution in [3.8, 4) is 12.3 Å². The minimum atomic E-state index is 0.148. The third-order valence-corrected chi connectivity index (χ3v) is 2.49. The van der Waals surface area contributed by atoms with E-state index in [1.807, 2.05) is 0 Å². The molecule has 0 bridgehead atoms. The monoisotopic (exact) mass is 123 g/mol. The van der Waals surface area contributed by atoms with Crippen LogP contribution in [0.5, 0.6) is 0 Å². The summed E-state index contributed by atoms with van der Waals surface area (Å²) >= 11 is 0. The summed E-state index contributed by atoms with van der Waals surface area (Å²) in [7, 11) is 2.10. The minimum Gasteiger partial charge on any atom is -0.301 e. The average molecular weight is 123 g/mol. The summed E-state index contributed by atoms with van der Waals surface area (Å²) in [5, 5.41) is 0. The maximum Gasteiger partial charge on any atom is 0.0562 e. The van der Waals surface area contributed by atoms with Gasteiger partial charge in [0.05, 0.1) is 5.41 Å². The van der Waals surface area contributed by atoms with Crippen LogP contribution in [-0.4, -0.2) is 24.5 Å². The van der Waals surface area contributed by atoms with E-state index in [-0.39, 0.29) is 5.41 Å². The Kier molecular flexibility index (Phi) is 1.29. The summed E-state index contributed by atoms with van der Waals surface area (Å²) in [6.45, 7) is 5.35. The molecule has 0 radical (unpaired) electrons. The molecule has 50 valence electrons. The second kappa shape index (κ2) is 1.75. The van der Waals surface area contributed by atoms with Gasteiger partial charge in [-0.1, -0.05) is 5.92 Å². The Labute approximate surface area is 57.0 Å². The normalized spacial score (nSPS) is 43.6. The Morgan fingerprint density at radius 2 is 2.33 bits per heavy atom. The Morgan fingerprint density at radius 3 is 2.44 bits per heavy atom. The molecule has 0 N–H and O–H groups in total. The summed E-state index contributed by atoms with van der Waals surface area (Å²) in [5.74, 6) is 2.82. The van der Waals surface area contributed by atoms with Crippen molar-refractivity contribution in [2.24, 2.45) is 5.41 Å². The molecule has 0 saturated carbocycles. The van der Waals surface area contributed by atoms with E-state index in [2.05, 4.69) is 31.7 Å². The van der Waals surface area contributed by atoms with Gasteiger partial charge in [0.1, 0.15) is 0 Å². The smallest absolute Gasteiger partial charge is 0.0562 e. The zero-order valence-electron chi connectivity index (χ0n) is 6.31. The Bertz CT molecular complexity index is 156. The molecule has 0 amide bonds. The van der Waals surface area contributed by atoms with Crippen molar-refractivity contribution in [2.45, 2.75) is 19.9 Å². The highest BCUT2D eigenvalue weighted by Crippen LogP contribution is 2.34. The van der Waals surface area contributed by atoms with Crippen LogP contribution in [0.3, 0.4) is 0 Å². The van der Waals surface area contributed by atoms with Crippen LogP contribution in [-0.2, 0) is 0 Å². The molecular formula is C8H13N. The van der Waals surface area contributed by atoms with Gasteiger partial charge < -0.3 is 4.90 Å². The van der Waals surface area contributed by atoms with Crippen molar-refractivity contribution < 1.29 is 0 Å². The molecule has 0 spiro atoms. The second-order valence-corrected chi connectivity index (χ2v) is 3.15. The minimum absolute atomic E-state index is 0.148. The summed E-state index contributed by atoms with van der Waals surface area (Å²) in [6, 6.07) is 0.558. The van der Waals surface area contributed by atoms with Crippen LogP contribution in [0.2, 0.25) is 0 Å². The summed E-state index contributed by atoms with van der Waals surface area (Å²) in [4.78, 5) is 2.26. The highest BCUT2D eigenvalue weighted by Gasteiger charge is 2.42. The molecule has 1 fully saturated rings. The summed E-state index contributed by atoms with van der Waals surface area (Å²) < 4.78 is 0. The lowest BCUT2D eigenvalue weighted by atomic mass is 9.75. The molecule has 1 heterocycles. The SMILES string of the molecule is C#CC1(C)CN(C)C1C. The van der Waals surface area contributed by atoms with E-state index in [4.69, 9.17) is 6.42 Å². The van der Waals surface area contributed by atoms with Crippen LogP contribution < -0.4 is 0 Å². The van der Waals surface area contributed by atoms with Gasteiger partial charge in [0.25, 0.3) is 0 Å². The molecular weight excluding hydrogens is 110 g/mol. The Morgan fingerprint density at radius 1 is 1.78 bits per heavy atom. The van der Waals surface area contributed by atoms with E-state index in [1.54, 1.807) is 0 Å². The predicted molar refractivity (Wildman–Crippen MR) is 39.0 cm³/mol. The molecule has 1 saturated heterocycles. The molecule has 0 aromatic heterocycles. The van der Waals surface area contributed by atoms with E-state index < -0.39 is 0 Å². The molecule has 1 nitrogen and oxygen atoms in total. The number of likely N-dealkylation sites (tertiary alicyclic amines) is 1. The first-order valence-electron chi connectivity index (χ1n) is 3.28. The van der Waals surface area contributed by atoms with Crippen LogP contribution in [0.25, 0.3) is 0 Å². The topological polar surface area (TPSA) is 3.24 Å². The zero-order valence-corrected chi connectivity index (χ0v) is 6.31. The Hall–Kier alpha value is -0.480. The molecule has 1 aliphatic heterocycles. The van der Waals surface area contributed by atoms with E-state index >= 15 is 0 Å². The first kappa shape index (κ1) is 6.64. The van der Waals surface area contributed by atoms with E-state index in [0.29, 0.717) is 6.04 Å². The maximum absolute atomic E-state index is 5.34. The van der Waals surface area contributed by atoms with Crippen molar-refractivity contribution >= 4 is 0 Å². The van der Waals surface area contributed by atoms with Crippen LogP contribution in [0.1, 0.15) is 13.8 Å². The fourth-order valence-corrected chi connectivity index (χ4v) is 1.33. The van der Waals surface area contributed by atoms with E-state index in [9.17, 15) is 0 Å². The van der Waals surface area contributed by atoms with Gasteiger partial charge in [0, 0.05) is 12.6 Å². The van der Waals surface area contributed by atoms with Gasteiger partial charge in [-0.05, 0) is 20.9 Å². The maximum atomic E-state index is 5.34. The van der Waals surface area contributed by atoms with Crippen LogP contribution >= 0.6 is 0 Å². The van der Waals surface area contributed by atoms with Gasteiger partial charge in [-0.25, -0.2) is 0 Å². The molecule has 1 rings (SSSR count). The molecule has 0 aromatic rings. The second-order valence-electron chi connectivity index (χ2n) is 3.15. The van der Waals surface area contributed by atoms with Crippen molar-refractivity contribution in [1.82, 2.24) is 4.90 Å². The van der Waals surface area contributed by atoms with Gasteiger partial charge in [0.2, 0.25) is 0 Å². The highest BCUT2D eigenvalue weighted by atomic mass is 15.2. The number of rotatable bonds is 0. The fourth-order valence-electron chi connectivity index (χ4n) is 1.33. The molecule has 2 atom stereocenters. The first-order valence-corrected chi connectivity index (χ1v) is 3.28. The molecule has 0 aliphatic carbocycles. The summed E-state index contributed by atoms with van der Waals surface area (Å²) in [5.41, 5.74) is 0.148. The van der Waals surface area contributed by atoms with Gasteiger partial charge in [-0.15, -0.1) is 6.42 Å². The number of hydrogen-bond donors (Lipinski definition) is 0. The molecule has 2 unspecified atom stereocenters. The van der Waals surface area contributed by atoms with Crippen molar-refractivity contribution in [3.63, 3.8) is 0 Å². The summed E-state index contributed by atoms with van der Waals surface area (Å²) in [6.07, 6.45) is 5.34. The highest BCUT2D eigenvalue weighted by molar-refractivity contribution is 5.15. The van der Waals surface area contributed by atoms with Gasteiger partial charge in [-0.2, -0.15) is 0 Å². The fraction of sp³-hybridized carbons (Fsp3) is 0.750. The van der Waals surface area contributed by atoms with Crippen LogP contribution in [0.4, 0.5) is 0 Å². The van der Waals surface area contributed by atoms with Gasteiger partial charge >= 0.3 is 0 Å². The standard InChI is InChI=1S/C8H13N/c1-5-8(3)6-9(4)7(8)2/h1,7H,6H2,2-4H3. The van der Waals surface area contributed by atoms with Crippen molar-refractivity contribution in [2.75, 3.05) is 13.6 Å². The predicted octanol–water partition coefficient (Wildman–Crippen LogP) is 0.960. The quantitative estimate of drug-likeness (QED) is 0.434. The number of hydrogen-bond acceptors (Lipinski definition) is 1. The van der Waals surface area contributed by atoms with E-state index in [0.717, 1.165) is 6.54 Å². The first-order chi connectivity index (χ1) is 4.10. The third kappa shape index (κ3) is 0.746. The van der Waals surface area contributed by atoms with Crippen LogP contribution in [0.15, 0.2) is 0 Å². The lowest BCUT2D eigenvalue weighted by molar-refractivity contribution is 0.0149. The third-order valence-electron chi connectivity index (χ3n) is 2.49. The molecule has 0 aromatic carbocycles. The lowest BCUT2D eigenvalue weighted by Crippen LogP contribution is -2.59. The van der Waals surface area contributed by atoms with Crippen LogP contribution in [0, 0.1) is 17.8 Å². The Balaban J connectivity index is 2.61. The zero-order chi connectivity index (χ0) is 7.07. The van der Waals surface area contributed by atoms with E-state index in [1.165, 1.54) is 0 Å². The lowest BCUT2D eigenvalue weighted by Gasteiger charge is -2.49. The van der Waals surface area contributed by atoms with Gasteiger partial charge in [0.15, 0.2) is 0 Å². The molecule has 9 heavy (non-hydrogen) atoms. The molecule has 1 heteroatoms. The van der Waals surface area contributed by atoms with Crippen molar-refractivity contribution in [3.05, 3.63) is 0 Å². The number of nitrogens with zero attached hydrogens (tertiary/aromatic N) is 1.